The number of benzene rings is 1. The number of nitriles is 1. The molecule has 0 aliphatic rings. The molecule has 0 aliphatic carbocycles. The van der Waals surface area contributed by atoms with Crippen molar-refractivity contribution in [2.75, 3.05) is 7.11 Å². The Labute approximate surface area is 91.1 Å². The lowest BCUT2D eigenvalue weighted by Crippen LogP contribution is -1.82. The van der Waals surface area contributed by atoms with Crippen LogP contribution in [0.3, 0.4) is 0 Å². The lowest BCUT2D eigenvalue weighted by atomic mass is 10.2. The van der Waals surface area contributed by atoms with Crippen LogP contribution in [-0.4, -0.2) is 7.11 Å². The highest BCUT2D eigenvalue weighted by molar-refractivity contribution is 7.80. The first-order valence-corrected chi connectivity index (χ1v) is 5.28. The average molecular weight is 221 g/mol. The summed E-state index contributed by atoms with van der Waals surface area (Å²) in [5.74, 6) is 0.784. The van der Waals surface area contributed by atoms with Crippen LogP contribution in [-0.2, 0) is 0 Å². The zero-order valence-electron chi connectivity index (χ0n) is 7.44. The fourth-order valence-electron chi connectivity index (χ4n) is 1.34. The van der Waals surface area contributed by atoms with Gasteiger partial charge in [-0.05, 0) is 12.1 Å². The first-order valence-electron chi connectivity index (χ1n) is 3.95. The number of nitrogens with zero attached hydrogens (tertiary/aromatic N) is 1. The standard InChI is InChI=1S/C10H7NOS2/c1-12-7-5-14-10-6(4-11)2-3-8(13)9(7)10/h2-3,5,13H,1H3. The van der Waals surface area contributed by atoms with E-state index >= 15 is 0 Å². The third kappa shape index (κ3) is 1.26. The normalized spacial score (nSPS) is 10.1. The molecule has 0 spiro atoms. The molecule has 4 heteroatoms. The average Bonchev–Trinajstić information content (AvgIpc) is 2.63. The molecule has 0 fully saturated rings. The first kappa shape index (κ1) is 9.38. The van der Waals surface area contributed by atoms with Gasteiger partial charge in [0.15, 0.2) is 0 Å². The van der Waals surface area contributed by atoms with Crippen LogP contribution >= 0.6 is 24.0 Å². The molecule has 0 saturated carbocycles. The second-order valence-corrected chi connectivity index (χ2v) is 4.11. The Hall–Kier alpha value is -1.18. The monoisotopic (exact) mass is 221 g/mol. The van der Waals surface area contributed by atoms with Gasteiger partial charge in [0.05, 0.1) is 17.4 Å². The summed E-state index contributed by atoms with van der Waals surface area (Å²) in [6.45, 7) is 0. The Morgan fingerprint density at radius 3 is 2.93 bits per heavy atom. The predicted octanol–water partition coefficient (Wildman–Crippen LogP) is 3.07. The molecule has 0 saturated heterocycles. The summed E-state index contributed by atoms with van der Waals surface area (Å²) in [5, 5.41) is 11.7. The van der Waals surface area contributed by atoms with Crippen LogP contribution in [0.15, 0.2) is 22.4 Å². The number of thiol groups is 1. The molecule has 0 radical (unpaired) electrons. The van der Waals surface area contributed by atoms with Crippen molar-refractivity contribution < 1.29 is 4.74 Å². The van der Waals surface area contributed by atoms with Crippen LogP contribution in [0.4, 0.5) is 0 Å². The Bertz CT molecular complexity index is 525. The van der Waals surface area contributed by atoms with Crippen LogP contribution in [0.5, 0.6) is 5.75 Å². The summed E-state index contributed by atoms with van der Waals surface area (Å²) in [5.41, 5.74) is 0.672. The van der Waals surface area contributed by atoms with Gasteiger partial charge in [-0.1, -0.05) is 0 Å². The van der Waals surface area contributed by atoms with E-state index in [0.717, 1.165) is 20.7 Å². The second kappa shape index (κ2) is 3.52. The van der Waals surface area contributed by atoms with Gasteiger partial charge in [-0.3, -0.25) is 0 Å². The minimum atomic E-state index is 0.672. The molecule has 0 unspecified atom stereocenters. The van der Waals surface area contributed by atoms with Crippen LogP contribution in [0.25, 0.3) is 10.1 Å². The fraction of sp³-hybridized carbons (Fsp3) is 0.100. The maximum atomic E-state index is 8.90. The van der Waals surface area contributed by atoms with Crippen molar-refractivity contribution in [3.8, 4) is 11.8 Å². The summed E-state index contributed by atoms with van der Waals surface area (Å²) in [6, 6.07) is 5.75. The summed E-state index contributed by atoms with van der Waals surface area (Å²) in [4.78, 5) is 0.845. The van der Waals surface area contributed by atoms with Crippen molar-refractivity contribution in [1.82, 2.24) is 0 Å². The molecule has 1 aromatic carbocycles. The van der Waals surface area contributed by atoms with Crippen molar-refractivity contribution in [3.05, 3.63) is 23.1 Å². The van der Waals surface area contributed by atoms with E-state index in [1.807, 2.05) is 11.4 Å². The van der Waals surface area contributed by atoms with E-state index in [0.29, 0.717) is 5.56 Å². The fourth-order valence-corrected chi connectivity index (χ4v) is 2.72. The zero-order valence-corrected chi connectivity index (χ0v) is 9.15. The van der Waals surface area contributed by atoms with Crippen LogP contribution in [0, 0.1) is 11.3 Å². The summed E-state index contributed by atoms with van der Waals surface area (Å²) < 4.78 is 6.14. The second-order valence-electron chi connectivity index (χ2n) is 2.75. The van der Waals surface area contributed by atoms with Gasteiger partial charge in [0.25, 0.3) is 0 Å². The van der Waals surface area contributed by atoms with Crippen LogP contribution in [0.2, 0.25) is 0 Å². The Kier molecular flexibility index (Phi) is 2.36. The van der Waals surface area contributed by atoms with Crippen LogP contribution in [0.1, 0.15) is 5.56 Å². The molecular formula is C10H7NOS2. The van der Waals surface area contributed by atoms with E-state index in [9.17, 15) is 0 Å². The van der Waals surface area contributed by atoms with E-state index in [4.69, 9.17) is 10.00 Å². The minimum Gasteiger partial charge on any atom is -0.495 e. The van der Waals surface area contributed by atoms with Gasteiger partial charge < -0.3 is 4.74 Å². The SMILES string of the molecule is COc1csc2c(C#N)ccc(S)c12. The van der Waals surface area contributed by atoms with Gasteiger partial charge in [-0.2, -0.15) is 5.26 Å². The molecule has 0 amide bonds. The quantitative estimate of drug-likeness (QED) is 0.751. The lowest BCUT2D eigenvalue weighted by Gasteiger charge is -2.00. The van der Waals surface area contributed by atoms with Gasteiger partial charge in [-0.15, -0.1) is 24.0 Å². The molecule has 14 heavy (non-hydrogen) atoms. The summed E-state index contributed by atoms with van der Waals surface area (Å²) in [7, 11) is 1.62. The zero-order chi connectivity index (χ0) is 10.1. The van der Waals surface area contributed by atoms with Gasteiger partial charge in [-0.25, -0.2) is 0 Å². The smallest absolute Gasteiger partial charge is 0.138 e. The highest BCUT2D eigenvalue weighted by atomic mass is 32.1. The number of methoxy groups -OCH3 is 1. The lowest BCUT2D eigenvalue weighted by molar-refractivity contribution is 0.421. The van der Waals surface area contributed by atoms with E-state index in [2.05, 4.69) is 18.7 Å². The van der Waals surface area contributed by atoms with E-state index in [1.165, 1.54) is 11.3 Å². The number of thiophene rings is 1. The van der Waals surface area contributed by atoms with E-state index < -0.39 is 0 Å². The first-order chi connectivity index (χ1) is 6.77. The Balaban J connectivity index is 2.89. The van der Waals surface area contributed by atoms with Gasteiger partial charge in [0.1, 0.15) is 11.8 Å². The summed E-state index contributed by atoms with van der Waals surface area (Å²) >= 11 is 5.85. The molecule has 2 rings (SSSR count). The molecule has 1 heterocycles. The van der Waals surface area contributed by atoms with Gasteiger partial charge in [0, 0.05) is 15.7 Å². The maximum Gasteiger partial charge on any atom is 0.138 e. The number of hydrogen-bond donors (Lipinski definition) is 1. The largest absolute Gasteiger partial charge is 0.495 e. The van der Waals surface area contributed by atoms with Crippen molar-refractivity contribution in [2.24, 2.45) is 0 Å². The van der Waals surface area contributed by atoms with Crippen molar-refractivity contribution >= 4 is 34.1 Å². The molecule has 0 N–H and O–H groups in total. The Morgan fingerprint density at radius 1 is 1.50 bits per heavy atom. The van der Waals surface area contributed by atoms with Gasteiger partial charge >= 0.3 is 0 Å². The third-order valence-electron chi connectivity index (χ3n) is 2.01. The summed E-state index contributed by atoms with van der Waals surface area (Å²) in [6.07, 6.45) is 0. The highest BCUT2D eigenvalue weighted by Gasteiger charge is 2.10. The molecule has 0 atom stereocenters. The number of rotatable bonds is 1. The third-order valence-corrected chi connectivity index (χ3v) is 3.37. The van der Waals surface area contributed by atoms with E-state index in [-0.39, 0.29) is 0 Å². The molecule has 1 aromatic heterocycles. The number of hydrogen-bond acceptors (Lipinski definition) is 4. The topological polar surface area (TPSA) is 33.0 Å². The minimum absolute atomic E-state index is 0.672. The maximum absolute atomic E-state index is 8.90. The molecule has 2 aromatic rings. The molecule has 2 nitrogen and oxygen atoms in total. The Morgan fingerprint density at radius 2 is 2.29 bits per heavy atom. The van der Waals surface area contributed by atoms with Crippen molar-refractivity contribution in [2.45, 2.75) is 4.90 Å². The molecular weight excluding hydrogens is 214 g/mol. The van der Waals surface area contributed by atoms with Gasteiger partial charge in [0.2, 0.25) is 0 Å². The van der Waals surface area contributed by atoms with Crippen molar-refractivity contribution in [1.29, 1.82) is 5.26 Å². The predicted molar refractivity (Wildman–Crippen MR) is 60.3 cm³/mol. The van der Waals surface area contributed by atoms with E-state index in [1.54, 1.807) is 13.2 Å². The molecule has 0 bridgehead atoms. The van der Waals surface area contributed by atoms with Crippen molar-refractivity contribution in [3.63, 3.8) is 0 Å². The number of fused-ring (bicyclic) bond motifs is 1. The molecule has 70 valence electrons. The molecule has 0 aliphatic heterocycles. The van der Waals surface area contributed by atoms with Crippen LogP contribution < -0.4 is 4.74 Å². The number of ether oxygens (including phenoxy) is 1. The highest BCUT2D eigenvalue weighted by Crippen LogP contribution is 2.38.